The van der Waals surface area contributed by atoms with Gasteiger partial charge in [0.05, 0.1) is 68.9 Å². The molecule has 6 atom stereocenters. The molecular formula is C68H69ClFm2N7O19PS2. The molecule has 100 heavy (non-hydrogen) atoms. The maximum absolute atomic E-state index is 13.8. The van der Waals surface area contributed by atoms with Gasteiger partial charge in [-0.2, -0.15) is 5.26 Å². The van der Waals surface area contributed by atoms with Crippen molar-refractivity contribution in [3.63, 3.8) is 0 Å². The number of aromatic hydroxyl groups is 1. The normalized spacial score (nSPS) is 18.4. The summed E-state index contributed by atoms with van der Waals surface area (Å²) >= 11 is 5.87. The number of methoxy groups -OCH3 is 2. The zero-order valence-electron chi connectivity index (χ0n) is 54.5. The number of fused-ring (bicyclic) bond motifs is 13. The Morgan fingerprint density at radius 2 is 1.48 bits per heavy atom. The third kappa shape index (κ3) is 14.6. The Hall–Kier alpha value is -10.7. The zero-order chi connectivity index (χ0) is 69.9. The molecule has 5 aliphatic heterocycles. The Labute approximate surface area is 576 Å². The second-order valence-electron chi connectivity index (χ2n) is 23.6. The minimum Gasteiger partial charge on any atom is -0.504 e. The molecule has 0 aromatic heterocycles. The number of carbonyl (C=O) groups excluding carboxylic acids is 7. The first kappa shape index (κ1) is 73.5. The number of imide groups is 1. The van der Waals surface area contributed by atoms with Crippen molar-refractivity contribution in [1.82, 2.24) is 25.3 Å². The van der Waals surface area contributed by atoms with Gasteiger partial charge in [-0.1, -0.05) is 100 Å². The van der Waals surface area contributed by atoms with E-state index in [0.717, 1.165) is 33.4 Å². The van der Waals surface area contributed by atoms with Gasteiger partial charge in [0, 0.05) is 70.9 Å². The third-order valence-corrected chi connectivity index (χ3v) is 21.2. The average Bonchev–Trinajstić information content (AvgIpc) is 0.786. The molecule has 6 aliphatic rings. The van der Waals surface area contributed by atoms with Crippen molar-refractivity contribution in [2.75, 3.05) is 84.8 Å². The third-order valence-electron chi connectivity index (χ3n) is 18.0. The van der Waals surface area contributed by atoms with E-state index >= 15 is 0 Å². The molecule has 538 valence electrons. The van der Waals surface area contributed by atoms with E-state index in [9.17, 15) is 48.5 Å². The Morgan fingerprint density at radius 1 is 0.850 bits per heavy atom. The number of nitrogens with zero attached hydrogens (tertiary/aromatic N) is 5. The monoisotopic (exact) mass is 1930 g/mol. The van der Waals surface area contributed by atoms with Crippen LogP contribution in [0.1, 0.15) is 90.1 Å². The zero-order valence-corrected chi connectivity index (χ0v) is 62.6. The number of likely N-dealkylation sites (N-methyl/N-ethyl adjacent to an activating group) is 1. The van der Waals surface area contributed by atoms with E-state index in [2.05, 4.69) is 35.8 Å². The van der Waals surface area contributed by atoms with Crippen LogP contribution in [0.4, 0.5) is 15.3 Å². The average molecular weight is 1930 g/mol. The van der Waals surface area contributed by atoms with Crippen LogP contribution in [0.3, 0.4) is 0 Å². The summed E-state index contributed by atoms with van der Waals surface area (Å²) in [7, 11) is 2.37. The predicted molar refractivity (Wildman–Crippen MR) is 358 cm³/mol. The SMILES string of the molecule is COC(=O)COCCN(C(=O)Cl)c1ccccc1SSCC(NC(=O)OCC1c2ccccc2-c2ccccc21)C(=O)NCCOP(=O)(O)O.COc1c(C)cc2c(c1O)C1C3Cc4c(OC(C)=O)c(C)c5c(c4C(CN4C(=O)c6ccccc6C4=O)N3C(C#N)C(C2)N1C)OCO5.[Fm].[Fm]. The maximum Gasteiger partial charge on any atom is 0.469 e. The number of aryl methyl sites for hydroxylation is 1. The van der Waals surface area contributed by atoms with Crippen molar-refractivity contribution in [1.29, 1.82) is 5.26 Å². The van der Waals surface area contributed by atoms with E-state index in [4.69, 9.17) is 49.8 Å². The molecule has 1 saturated heterocycles. The van der Waals surface area contributed by atoms with Gasteiger partial charge >= 0.3 is 31.2 Å². The van der Waals surface area contributed by atoms with Crippen molar-refractivity contribution in [2.24, 2.45) is 0 Å². The molecule has 1 aliphatic carbocycles. The quantitative estimate of drug-likeness (QED) is 0.00620. The molecule has 32 heteroatoms. The van der Waals surface area contributed by atoms with Crippen molar-refractivity contribution < 1.29 is 90.7 Å². The van der Waals surface area contributed by atoms with Gasteiger partial charge in [-0.3, -0.25) is 48.1 Å². The second-order valence-corrected chi connectivity index (χ2v) is 27.6. The fourth-order valence-corrected chi connectivity index (χ4v) is 16.8. The number of halogens is 1. The molecule has 5 N–H and O–H groups in total. The summed E-state index contributed by atoms with van der Waals surface area (Å²) in [4.78, 5) is 115. The number of phenols is 1. The number of benzene rings is 6. The number of esters is 2. The molecule has 6 aromatic carbocycles. The smallest absolute Gasteiger partial charge is 0.469 e. The van der Waals surface area contributed by atoms with Gasteiger partial charge in [-0.25, -0.2) is 14.2 Å². The van der Waals surface area contributed by atoms with Gasteiger partial charge in [0.1, 0.15) is 31.0 Å². The van der Waals surface area contributed by atoms with Crippen LogP contribution in [-0.4, -0.2) is 175 Å². The van der Waals surface area contributed by atoms with Crippen LogP contribution in [0.15, 0.2) is 108 Å². The van der Waals surface area contributed by atoms with Crippen LogP contribution in [0, 0.1) is 25.2 Å². The van der Waals surface area contributed by atoms with E-state index in [1.807, 2.05) is 68.6 Å². The number of phosphoric acid groups is 1. The Kier molecular flexibility index (Phi) is 22.8. The largest absolute Gasteiger partial charge is 0.504 e. The van der Waals surface area contributed by atoms with Crippen LogP contribution in [0.5, 0.6) is 28.7 Å². The topological polar surface area (TPSA) is 332 Å². The van der Waals surface area contributed by atoms with E-state index in [0.29, 0.717) is 79.8 Å². The Morgan fingerprint density at radius 3 is 2.10 bits per heavy atom. The van der Waals surface area contributed by atoms with Gasteiger partial charge in [-0.15, -0.1) is 0 Å². The minimum absolute atomic E-state index is 0. The fraction of sp³-hybridized carbons (Fsp3) is 0.353. The van der Waals surface area contributed by atoms with Crippen LogP contribution in [-0.2, 0) is 50.5 Å². The van der Waals surface area contributed by atoms with Gasteiger partial charge in [0.15, 0.2) is 23.0 Å². The molecule has 2 bridgehead atoms. The van der Waals surface area contributed by atoms with E-state index in [1.165, 1.54) is 52.5 Å². The molecule has 5 heterocycles. The molecule has 0 saturated carbocycles. The Balaban J connectivity index is 0.000000229. The second kappa shape index (κ2) is 31.0. The summed E-state index contributed by atoms with van der Waals surface area (Å²) in [5.41, 5.74) is 9.55. The van der Waals surface area contributed by atoms with Gasteiger partial charge < -0.3 is 58.7 Å². The van der Waals surface area contributed by atoms with Crippen molar-refractivity contribution >= 4 is 87.8 Å². The first-order chi connectivity index (χ1) is 47.0. The number of hydrogen-bond donors (Lipinski definition) is 5. The molecule has 0 radical (unpaired) electrons. The molecule has 26 nitrogen and oxygen atoms in total. The number of alkyl carbamates (subject to hydrolysis) is 1. The minimum atomic E-state index is -4.74. The number of para-hydroxylation sites is 1. The standard InChI is InChI=1S/C36H34N4O8.C32H35ClN3O11PS2.2Fm/c1-16-10-19-11-23-25(13-37)40-24(29(38(23)4)27(19)30(42)31(16)45-5)12-22-28(34-33(46-15-47-34)17(2)32(22)48-18(3)41)26(40)14-39-35(43)20-8-6-7-9-21(20)36(39)44;1-44-29(37)19-45-17-15-36(31(33)39)27-12-6-7-13-28(27)50-49-20-26(30(38)34-14-16-47-48(41,42)43)35-32(40)46-18-25-23-10-4-2-8-21(23)22-9-3-5-11-24(22)25;;/h6-10,23-26,29,42H,11-12,14-15H2,1-5H3;2-13,25-26H,14-20H2,1H3,(H,34,38)(H,35,40)(H2,41,42,43);;. The molecule has 6 aromatic rings. The maximum atomic E-state index is 13.8. The van der Waals surface area contributed by atoms with Gasteiger partial charge in [0.2, 0.25) is 12.7 Å². The number of nitrogens with one attached hydrogen (secondary N) is 2. The molecule has 0 spiro atoms. The molecule has 12 rings (SSSR count). The summed E-state index contributed by atoms with van der Waals surface area (Å²) in [6.45, 7) is 3.91. The van der Waals surface area contributed by atoms with Crippen LogP contribution < -0.4 is 34.5 Å². The number of amides is 5. The van der Waals surface area contributed by atoms with Crippen molar-refractivity contribution in [2.45, 2.75) is 80.7 Å². The number of hydrogen-bond acceptors (Lipinski definition) is 22. The number of anilines is 1. The number of rotatable bonds is 22. The number of ether oxygens (including phenoxy) is 7. The van der Waals surface area contributed by atoms with Gasteiger partial charge in [-0.05, 0) is 103 Å². The van der Waals surface area contributed by atoms with Crippen LogP contribution >= 0.6 is 41.0 Å². The summed E-state index contributed by atoms with van der Waals surface area (Å²) in [5, 5.41) is 27.0. The number of phenolic OH excluding ortho intramolecular Hbond substituents is 1. The molecule has 6 unspecified atom stereocenters. The fourth-order valence-electron chi connectivity index (χ4n) is 13.9. The summed E-state index contributed by atoms with van der Waals surface area (Å²) in [5.74, 6) is -1.15. The number of carbonyl (C=O) groups is 7. The van der Waals surface area contributed by atoms with E-state index < -0.39 is 85.8 Å². The number of nitriles is 1. The predicted octanol–water partition coefficient (Wildman–Crippen LogP) is 8.65. The van der Waals surface area contributed by atoms with Gasteiger partial charge in [0.25, 0.3) is 11.8 Å². The van der Waals surface area contributed by atoms with E-state index in [1.54, 1.807) is 55.5 Å². The summed E-state index contributed by atoms with van der Waals surface area (Å²) in [6, 6.07) is 30.2. The first-order valence-electron chi connectivity index (χ1n) is 31.0. The number of piperazine rings is 1. The summed E-state index contributed by atoms with van der Waals surface area (Å²) < 4.78 is 54.4. The molecule has 5 amide bonds. The Bertz CT molecular complexity index is 4180. The van der Waals surface area contributed by atoms with Crippen molar-refractivity contribution in [3.8, 4) is 45.9 Å². The first-order valence-corrected chi connectivity index (χ1v) is 35.2. The molecular weight excluding hydrogens is 1860 g/mol. The summed E-state index contributed by atoms with van der Waals surface area (Å²) in [6.07, 6.45) is -0.0439. The molecule has 1 fully saturated rings. The van der Waals surface area contributed by atoms with E-state index in [-0.39, 0.29) is 69.7 Å². The van der Waals surface area contributed by atoms with Crippen molar-refractivity contribution in [3.05, 3.63) is 159 Å². The number of phosphoric ester groups is 1. The van der Waals surface area contributed by atoms with Crippen LogP contribution in [0.2, 0.25) is 0 Å². The van der Waals surface area contributed by atoms with Crippen LogP contribution in [0.25, 0.3) is 11.1 Å².